The number of ether oxygens (including phenoxy) is 2. The van der Waals surface area contributed by atoms with Crippen molar-refractivity contribution in [2.75, 3.05) is 13.2 Å². The largest absolute Gasteiger partial charge is 0.490 e. The number of allylic oxidation sites excluding steroid dienone is 1. The monoisotopic (exact) mass is 346 g/mol. The highest BCUT2D eigenvalue weighted by molar-refractivity contribution is 6.07. The summed E-state index contributed by atoms with van der Waals surface area (Å²) in [6.45, 7) is 1.24. The molecule has 0 N–H and O–H groups in total. The molecular formula is C21H18N2O3. The van der Waals surface area contributed by atoms with E-state index in [9.17, 15) is 4.79 Å². The van der Waals surface area contributed by atoms with Crippen LogP contribution in [0.25, 0.3) is 11.8 Å². The van der Waals surface area contributed by atoms with Crippen molar-refractivity contribution in [1.29, 1.82) is 0 Å². The molecule has 0 aliphatic carbocycles. The van der Waals surface area contributed by atoms with Gasteiger partial charge in [-0.15, -0.1) is 0 Å². The minimum Gasteiger partial charge on any atom is -0.490 e. The van der Waals surface area contributed by atoms with Crippen molar-refractivity contribution in [2.24, 2.45) is 0 Å². The van der Waals surface area contributed by atoms with Gasteiger partial charge in [0.2, 0.25) is 0 Å². The van der Waals surface area contributed by atoms with Gasteiger partial charge in [0.05, 0.1) is 19.5 Å². The Labute approximate surface area is 151 Å². The maximum Gasteiger partial charge on any atom is 0.185 e. The Morgan fingerprint density at radius 2 is 1.85 bits per heavy atom. The second-order valence-electron chi connectivity index (χ2n) is 5.97. The minimum atomic E-state index is -0.0701. The number of fused-ring (bicyclic) bond motifs is 1. The molecule has 1 aliphatic rings. The summed E-state index contributed by atoms with van der Waals surface area (Å²) in [5.74, 6) is 1.25. The number of benzene rings is 2. The van der Waals surface area contributed by atoms with Gasteiger partial charge < -0.3 is 14.0 Å². The first-order valence-electron chi connectivity index (χ1n) is 8.50. The minimum absolute atomic E-state index is 0.0701. The first-order chi connectivity index (χ1) is 12.8. The van der Waals surface area contributed by atoms with Crippen LogP contribution in [-0.4, -0.2) is 28.5 Å². The molecule has 5 heteroatoms. The van der Waals surface area contributed by atoms with Crippen LogP contribution in [0.5, 0.6) is 11.5 Å². The van der Waals surface area contributed by atoms with Crippen molar-refractivity contribution in [2.45, 2.75) is 6.42 Å². The Kier molecular flexibility index (Phi) is 4.51. The molecule has 0 radical (unpaired) electrons. The molecule has 26 heavy (non-hydrogen) atoms. The zero-order chi connectivity index (χ0) is 17.8. The molecule has 2 heterocycles. The topological polar surface area (TPSA) is 53.4 Å². The SMILES string of the molecule is O=C(C=Cc1ccc(-n2ccnc2)cc1)c1ccc2c(c1)OCCCO2. The summed E-state index contributed by atoms with van der Waals surface area (Å²) in [7, 11) is 0. The molecule has 0 saturated heterocycles. The Morgan fingerprint density at radius 1 is 1.04 bits per heavy atom. The third kappa shape index (κ3) is 3.52. The zero-order valence-electron chi connectivity index (χ0n) is 14.2. The van der Waals surface area contributed by atoms with E-state index in [-0.39, 0.29) is 5.78 Å². The number of imidazole rings is 1. The Balaban J connectivity index is 1.48. The molecule has 0 fully saturated rings. The first kappa shape index (κ1) is 16.1. The molecule has 1 aliphatic heterocycles. The molecule has 3 aromatic rings. The number of ketones is 1. The Morgan fingerprint density at radius 3 is 2.62 bits per heavy atom. The standard InChI is InChI=1S/C21H18N2O3/c24-19(17-5-9-20-21(14-17)26-13-1-12-25-20)8-4-16-2-6-18(7-3-16)23-11-10-22-15-23/h2-11,14-15H,1,12-13H2. The quantitative estimate of drug-likeness (QED) is 0.530. The van der Waals surface area contributed by atoms with Crippen LogP contribution >= 0.6 is 0 Å². The van der Waals surface area contributed by atoms with Gasteiger partial charge in [0.15, 0.2) is 17.3 Å². The number of hydrogen-bond acceptors (Lipinski definition) is 4. The van der Waals surface area contributed by atoms with Crippen molar-refractivity contribution in [3.05, 3.63) is 78.4 Å². The summed E-state index contributed by atoms with van der Waals surface area (Å²) in [5, 5.41) is 0. The molecule has 4 rings (SSSR count). The lowest BCUT2D eigenvalue weighted by molar-refractivity contribution is 0.104. The van der Waals surface area contributed by atoms with Crippen LogP contribution in [0.3, 0.4) is 0 Å². The van der Waals surface area contributed by atoms with Crippen molar-refractivity contribution >= 4 is 11.9 Å². The van der Waals surface area contributed by atoms with Crippen LogP contribution in [-0.2, 0) is 0 Å². The van der Waals surface area contributed by atoms with E-state index in [1.165, 1.54) is 0 Å². The average molecular weight is 346 g/mol. The summed E-state index contributed by atoms with van der Waals surface area (Å²) in [6, 6.07) is 13.2. The van der Waals surface area contributed by atoms with Gasteiger partial charge in [0.1, 0.15) is 0 Å². The third-order valence-corrected chi connectivity index (χ3v) is 4.15. The molecule has 0 bridgehead atoms. The summed E-state index contributed by atoms with van der Waals surface area (Å²) >= 11 is 0. The fourth-order valence-electron chi connectivity index (χ4n) is 2.75. The molecule has 1 aromatic heterocycles. The fourth-order valence-corrected chi connectivity index (χ4v) is 2.75. The van der Waals surface area contributed by atoms with Crippen molar-refractivity contribution in [3.8, 4) is 17.2 Å². The average Bonchev–Trinajstić information content (AvgIpc) is 3.11. The van der Waals surface area contributed by atoms with Crippen LogP contribution in [0, 0.1) is 0 Å². The van der Waals surface area contributed by atoms with Gasteiger partial charge in [-0.3, -0.25) is 4.79 Å². The predicted octanol–water partition coefficient (Wildman–Crippen LogP) is 3.93. The summed E-state index contributed by atoms with van der Waals surface area (Å²) in [6.07, 6.45) is 9.60. The van der Waals surface area contributed by atoms with Crippen LogP contribution in [0.2, 0.25) is 0 Å². The number of carbonyl (C=O) groups excluding carboxylic acids is 1. The summed E-state index contributed by atoms with van der Waals surface area (Å²) in [5.41, 5.74) is 2.56. The van der Waals surface area contributed by atoms with E-state index in [4.69, 9.17) is 9.47 Å². The normalized spacial score (nSPS) is 13.5. The molecular weight excluding hydrogens is 328 g/mol. The molecule has 0 amide bonds. The Hall–Kier alpha value is -3.34. The summed E-state index contributed by atoms with van der Waals surface area (Å²) < 4.78 is 13.2. The highest BCUT2D eigenvalue weighted by Crippen LogP contribution is 2.30. The molecule has 5 nitrogen and oxygen atoms in total. The molecule has 130 valence electrons. The second-order valence-corrected chi connectivity index (χ2v) is 5.97. The lowest BCUT2D eigenvalue weighted by Gasteiger charge is -2.07. The van der Waals surface area contributed by atoms with Gasteiger partial charge in [0.25, 0.3) is 0 Å². The van der Waals surface area contributed by atoms with Crippen molar-refractivity contribution in [1.82, 2.24) is 9.55 Å². The summed E-state index contributed by atoms with van der Waals surface area (Å²) in [4.78, 5) is 16.5. The third-order valence-electron chi connectivity index (χ3n) is 4.15. The van der Waals surface area contributed by atoms with E-state index in [0.717, 1.165) is 17.7 Å². The molecule has 2 aromatic carbocycles. The number of aromatic nitrogens is 2. The van der Waals surface area contributed by atoms with Crippen LogP contribution in [0.4, 0.5) is 0 Å². The fraction of sp³-hybridized carbons (Fsp3) is 0.143. The number of rotatable bonds is 4. The zero-order valence-corrected chi connectivity index (χ0v) is 14.2. The van der Waals surface area contributed by atoms with Crippen LogP contribution in [0.1, 0.15) is 22.3 Å². The first-order valence-corrected chi connectivity index (χ1v) is 8.50. The van der Waals surface area contributed by atoms with E-state index >= 15 is 0 Å². The molecule has 0 spiro atoms. The predicted molar refractivity (Wildman–Crippen MR) is 99.0 cm³/mol. The van der Waals surface area contributed by atoms with Crippen LogP contribution < -0.4 is 9.47 Å². The lowest BCUT2D eigenvalue weighted by Crippen LogP contribution is -1.98. The molecule has 0 unspecified atom stereocenters. The maximum absolute atomic E-state index is 12.4. The highest BCUT2D eigenvalue weighted by Gasteiger charge is 2.12. The molecule has 0 saturated carbocycles. The second kappa shape index (κ2) is 7.27. The highest BCUT2D eigenvalue weighted by atomic mass is 16.5. The van der Waals surface area contributed by atoms with Gasteiger partial charge in [-0.05, 0) is 42.0 Å². The maximum atomic E-state index is 12.4. The van der Waals surface area contributed by atoms with Gasteiger partial charge >= 0.3 is 0 Å². The van der Waals surface area contributed by atoms with E-state index in [0.29, 0.717) is 30.3 Å². The van der Waals surface area contributed by atoms with E-state index in [1.807, 2.05) is 41.1 Å². The van der Waals surface area contributed by atoms with Crippen LogP contribution in [0.15, 0.2) is 67.3 Å². The van der Waals surface area contributed by atoms with Crippen molar-refractivity contribution < 1.29 is 14.3 Å². The van der Waals surface area contributed by atoms with E-state index < -0.39 is 0 Å². The van der Waals surface area contributed by atoms with Gasteiger partial charge in [-0.25, -0.2) is 4.98 Å². The number of carbonyl (C=O) groups is 1. The Bertz CT molecular complexity index is 928. The lowest BCUT2D eigenvalue weighted by atomic mass is 10.1. The van der Waals surface area contributed by atoms with E-state index in [1.54, 1.807) is 36.8 Å². The molecule has 0 atom stereocenters. The van der Waals surface area contributed by atoms with E-state index in [2.05, 4.69) is 4.98 Å². The van der Waals surface area contributed by atoms with Gasteiger partial charge in [-0.2, -0.15) is 0 Å². The van der Waals surface area contributed by atoms with Gasteiger partial charge in [0, 0.05) is 30.1 Å². The smallest absolute Gasteiger partial charge is 0.185 e. The van der Waals surface area contributed by atoms with Gasteiger partial charge in [-0.1, -0.05) is 18.2 Å². The van der Waals surface area contributed by atoms with Crippen molar-refractivity contribution in [3.63, 3.8) is 0 Å². The number of nitrogens with zero attached hydrogens (tertiary/aromatic N) is 2. The number of hydrogen-bond donors (Lipinski definition) is 0.